The van der Waals surface area contributed by atoms with Gasteiger partial charge in [-0.25, -0.2) is 4.39 Å². The van der Waals surface area contributed by atoms with Crippen molar-refractivity contribution in [2.45, 2.75) is 58.4 Å². The molecule has 3 unspecified atom stereocenters. The Hall–Kier alpha value is -0.890. The normalized spacial score (nSPS) is 24.6. The highest BCUT2D eigenvalue weighted by Crippen LogP contribution is 2.30. The third-order valence-corrected chi connectivity index (χ3v) is 4.57. The van der Waals surface area contributed by atoms with E-state index in [1.807, 2.05) is 12.1 Å². The van der Waals surface area contributed by atoms with E-state index >= 15 is 0 Å². The van der Waals surface area contributed by atoms with Crippen molar-refractivity contribution in [1.29, 1.82) is 0 Å². The Morgan fingerprint density at radius 1 is 1.30 bits per heavy atom. The smallest absolute Gasteiger partial charge is 0.126 e. The first-order valence-corrected chi connectivity index (χ1v) is 8.12. The Bertz CT molecular complexity index is 404. The van der Waals surface area contributed by atoms with Crippen molar-refractivity contribution in [3.05, 3.63) is 35.6 Å². The van der Waals surface area contributed by atoms with Crippen molar-refractivity contribution >= 4 is 0 Å². The summed E-state index contributed by atoms with van der Waals surface area (Å²) in [4.78, 5) is 0. The SMILES string of the molecule is CC1CCCC(CCNC(C)Cc2ccccc2F)C1. The second kappa shape index (κ2) is 7.78. The van der Waals surface area contributed by atoms with Crippen molar-refractivity contribution in [1.82, 2.24) is 5.32 Å². The van der Waals surface area contributed by atoms with E-state index in [-0.39, 0.29) is 5.82 Å². The predicted molar refractivity (Wildman–Crippen MR) is 83.3 cm³/mol. The summed E-state index contributed by atoms with van der Waals surface area (Å²) in [5.74, 6) is 1.72. The van der Waals surface area contributed by atoms with Gasteiger partial charge in [-0.3, -0.25) is 0 Å². The molecule has 1 saturated carbocycles. The lowest BCUT2D eigenvalue weighted by molar-refractivity contribution is 0.265. The van der Waals surface area contributed by atoms with Gasteiger partial charge in [-0.05, 0) is 56.2 Å². The lowest BCUT2D eigenvalue weighted by Crippen LogP contribution is -2.31. The summed E-state index contributed by atoms with van der Waals surface area (Å²) in [5.41, 5.74) is 0.818. The highest BCUT2D eigenvalue weighted by atomic mass is 19.1. The number of rotatable bonds is 6. The molecule has 3 atom stereocenters. The van der Waals surface area contributed by atoms with Crippen LogP contribution in [0, 0.1) is 17.7 Å². The van der Waals surface area contributed by atoms with Crippen LogP contribution in [-0.4, -0.2) is 12.6 Å². The monoisotopic (exact) mass is 277 g/mol. The second-order valence-corrected chi connectivity index (χ2v) is 6.58. The summed E-state index contributed by atoms with van der Waals surface area (Å²) in [6.45, 7) is 5.59. The summed E-state index contributed by atoms with van der Waals surface area (Å²) in [7, 11) is 0. The first-order valence-electron chi connectivity index (χ1n) is 8.12. The molecule has 112 valence electrons. The van der Waals surface area contributed by atoms with Gasteiger partial charge < -0.3 is 5.32 Å². The van der Waals surface area contributed by atoms with E-state index in [2.05, 4.69) is 19.2 Å². The standard InChI is InChI=1S/C18H28FN/c1-14-6-5-7-16(12-14)10-11-20-15(2)13-17-8-3-4-9-18(17)19/h3-4,8-9,14-16,20H,5-7,10-13H2,1-2H3. The molecule has 1 N–H and O–H groups in total. The van der Waals surface area contributed by atoms with Gasteiger partial charge in [0.2, 0.25) is 0 Å². The van der Waals surface area contributed by atoms with E-state index in [4.69, 9.17) is 0 Å². The van der Waals surface area contributed by atoms with Crippen LogP contribution in [0.4, 0.5) is 4.39 Å². The fraction of sp³-hybridized carbons (Fsp3) is 0.667. The van der Waals surface area contributed by atoms with E-state index in [9.17, 15) is 4.39 Å². The Morgan fingerprint density at radius 2 is 2.10 bits per heavy atom. The molecule has 0 heterocycles. The van der Waals surface area contributed by atoms with E-state index in [0.717, 1.165) is 30.4 Å². The Balaban J connectivity index is 1.67. The zero-order valence-corrected chi connectivity index (χ0v) is 12.9. The summed E-state index contributed by atoms with van der Waals surface area (Å²) >= 11 is 0. The van der Waals surface area contributed by atoms with Gasteiger partial charge >= 0.3 is 0 Å². The zero-order valence-electron chi connectivity index (χ0n) is 12.9. The van der Waals surface area contributed by atoms with E-state index in [0.29, 0.717) is 6.04 Å². The van der Waals surface area contributed by atoms with Crippen molar-refractivity contribution in [3.63, 3.8) is 0 Å². The number of halogens is 1. The molecule has 20 heavy (non-hydrogen) atoms. The molecule has 0 radical (unpaired) electrons. The van der Waals surface area contributed by atoms with Crippen molar-refractivity contribution < 1.29 is 4.39 Å². The molecule has 1 aromatic rings. The number of nitrogens with one attached hydrogen (secondary N) is 1. The molecule has 0 saturated heterocycles. The third kappa shape index (κ3) is 4.90. The minimum absolute atomic E-state index is 0.0812. The van der Waals surface area contributed by atoms with Crippen LogP contribution >= 0.6 is 0 Å². The van der Waals surface area contributed by atoms with Crippen LogP contribution in [0.15, 0.2) is 24.3 Å². The third-order valence-electron chi connectivity index (χ3n) is 4.57. The lowest BCUT2D eigenvalue weighted by atomic mass is 9.81. The molecule has 0 bridgehead atoms. The molecule has 0 aliphatic heterocycles. The van der Waals surface area contributed by atoms with Crippen LogP contribution in [0.5, 0.6) is 0 Å². The molecule has 0 spiro atoms. The van der Waals surface area contributed by atoms with Crippen molar-refractivity contribution in [2.24, 2.45) is 11.8 Å². The Morgan fingerprint density at radius 3 is 2.85 bits per heavy atom. The first-order chi connectivity index (χ1) is 9.65. The topological polar surface area (TPSA) is 12.0 Å². The van der Waals surface area contributed by atoms with E-state index in [1.165, 1.54) is 32.1 Å². The summed E-state index contributed by atoms with van der Waals surface area (Å²) in [6.07, 6.45) is 7.64. The lowest BCUT2D eigenvalue weighted by Gasteiger charge is -2.27. The Labute approximate surface area is 123 Å². The number of hydrogen-bond donors (Lipinski definition) is 1. The molecular formula is C18H28FN. The largest absolute Gasteiger partial charge is 0.314 e. The minimum Gasteiger partial charge on any atom is -0.314 e. The molecule has 0 amide bonds. The predicted octanol–water partition coefficient (Wildman–Crippen LogP) is 4.56. The highest BCUT2D eigenvalue weighted by Gasteiger charge is 2.18. The van der Waals surface area contributed by atoms with Gasteiger partial charge in [0.05, 0.1) is 0 Å². The van der Waals surface area contributed by atoms with Gasteiger partial charge in [-0.1, -0.05) is 44.4 Å². The zero-order chi connectivity index (χ0) is 14.4. The first kappa shape index (κ1) is 15.5. The van der Waals surface area contributed by atoms with Gasteiger partial charge in [-0.2, -0.15) is 0 Å². The van der Waals surface area contributed by atoms with E-state index < -0.39 is 0 Å². The highest BCUT2D eigenvalue weighted by molar-refractivity contribution is 5.18. The van der Waals surface area contributed by atoms with Crippen molar-refractivity contribution in [3.8, 4) is 0 Å². The number of hydrogen-bond acceptors (Lipinski definition) is 1. The molecule has 1 aliphatic rings. The molecule has 1 aliphatic carbocycles. The molecular weight excluding hydrogens is 249 g/mol. The van der Waals surface area contributed by atoms with Crippen LogP contribution in [-0.2, 0) is 6.42 Å². The maximum absolute atomic E-state index is 13.6. The minimum atomic E-state index is -0.0812. The van der Waals surface area contributed by atoms with Crippen LogP contribution in [0.1, 0.15) is 51.5 Å². The van der Waals surface area contributed by atoms with Crippen LogP contribution < -0.4 is 5.32 Å². The van der Waals surface area contributed by atoms with Crippen LogP contribution in [0.2, 0.25) is 0 Å². The van der Waals surface area contributed by atoms with Gasteiger partial charge in [0.15, 0.2) is 0 Å². The van der Waals surface area contributed by atoms with Crippen molar-refractivity contribution in [2.75, 3.05) is 6.54 Å². The van der Waals surface area contributed by atoms with Gasteiger partial charge in [0.25, 0.3) is 0 Å². The molecule has 2 heteroatoms. The van der Waals surface area contributed by atoms with E-state index in [1.54, 1.807) is 12.1 Å². The van der Waals surface area contributed by atoms with Gasteiger partial charge in [0.1, 0.15) is 5.82 Å². The average molecular weight is 277 g/mol. The van der Waals surface area contributed by atoms with Crippen LogP contribution in [0.3, 0.4) is 0 Å². The van der Waals surface area contributed by atoms with Gasteiger partial charge in [0, 0.05) is 6.04 Å². The average Bonchev–Trinajstić information content (AvgIpc) is 2.41. The molecule has 2 rings (SSSR count). The molecule has 1 aromatic carbocycles. The summed E-state index contributed by atoms with van der Waals surface area (Å²) in [5, 5.41) is 3.55. The van der Waals surface area contributed by atoms with Gasteiger partial charge in [-0.15, -0.1) is 0 Å². The molecule has 1 nitrogen and oxygen atoms in total. The fourth-order valence-corrected chi connectivity index (χ4v) is 3.42. The Kier molecular flexibility index (Phi) is 6.03. The summed E-state index contributed by atoms with van der Waals surface area (Å²) in [6, 6.07) is 7.44. The summed E-state index contributed by atoms with van der Waals surface area (Å²) < 4.78 is 13.6. The number of benzene rings is 1. The quantitative estimate of drug-likeness (QED) is 0.803. The maximum atomic E-state index is 13.6. The maximum Gasteiger partial charge on any atom is 0.126 e. The van der Waals surface area contributed by atoms with Crippen LogP contribution in [0.25, 0.3) is 0 Å². The second-order valence-electron chi connectivity index (χ2n) is 6.58. The molecule has 0 aromatic heterocycles. The fourth-order valence-electron chi connectivity index (χ4n) is 3.42. The molecule has 1 fully saturated rings.